The van der Waals surface area contributed by atoms with Gasteiger partial charge in [-0.3, -0.25) is 37.3 Å². The number of ether oxygens (including phenoxy) is 4. The molecule has 19 heteroatoms. The van der Waals surface area contributed by atoms with E-state index in [9.17, 15) is 43.2 Å². The van der Waals surface area contributed by atoms with Gasteiger partial charge in [0.25, 0.3) is 0 Å². The minimum Gasteiger partial charge on any atom is -0.462 e. The average Bonchev–Trinajstić information content (AvgIpc) is 1.06. The summed E-state index contributed by atoms with van der Waals surface area (Å²) < 4.78 is 68.8. The largest absolute Gasteiger partial charge is 0.472 e. The van der Waals surface area contributed by atoms with E-state index in [-0.39, 0.29) is 25.7 Å². The highest BCUT2D eigenvalue weighted by Crippen LogP contribution is 2.45. The summed E-state index contributed by atoms with van der Waals surface area (Å²) in [7, 11) is -9.92. The van der Waals surface area contributed by atoms with Crippen molar-refractivity contribution < 1.29 is 80.2 Å². The van der Waals surface area contributed by atoms with Gasteiger partial charge in [0.15, 0.2) is 12.2 Å². The third kappa shape index (κ3) is 74.3. The summed E-state index contributed by atoms with van der Waals surface area (Å²) in [5, 5.41) is 10.6. The van der Waals surface area contributed by atoms with Gasteiger partial charge in [-0.1, -0.05) is 387 Å². The highest BCUT2D eigenvalue weighted by Gasteiger charge is 2.30. The molecule has 594 valence electrons. The lowest BCUT2D eigenvalue weighted by molar-refractivity contribution is -0.161. The van der Waals surface area contributed by atoms with Gasteiger partial charge in [0.1, 0.15) is 19.3 Å². The number of hydrogen-bond acceptors (Lipinski definition) is 15. The van der Waals surface area contributed by atoms with Crippen molar-refractivity contribution in [1.29, 1.82) is 0 Å². The smallest absolute Gasteiger partial charge is 0.462 e. The highest BCUT2D eigenvalue weighted by molar-refractivity contribution is 7.47. The van der Waals surface area contributed by atoms with Crippen molar-refractivity contribution >= 4 is 39.5 Å². The van der Waals surface area contributed by atoms with Crippen LogP contribution in [0.15, 0.2) is 0 Å². The van der Waals surface area contributed by atoms with Gasteiger partial charge < -0.3 is 33.8 Å². The third-order valence-electron chi connectivity index (χ3n) is 19.1. The van der Waals surface area contributed by atoms with Gasteiger partial charge in [0.05, 0.1) is 26.4 Å². The molecule has 0 spiro atoms. The molecule has 0 aromatic carbocycles. The van der Waals surface area contributed by atoms with Crippen LogP contribution in [0.1, 0.15) is 439 Å². The minimum atomic E-state index is -4.96. The zero-order valence-electron chi connectivity index (χ0n) is 65.2. The van der Waals surface area contributed by atoms with Gasteiger partial charge in [0, 0.05) is 25.7 Å². The monoisotopic (exact) mass is 1470 g/mol. The van der Waals surface area contributed by atoms with Crippen molar-refractivity contribution in [2.45, 2.75) is 457 Å². The van der Waals surface area contributed by atoms with Gasteiger partial charge in [-0.25, -0.2) is 9.13 Å². The maximum Gasteiger partial charge on any atom is 0.472 e. The highest BCUT2D eigenvalue weighted by atomic mass is 31.2. The van der Waals surface area contributed by atoms with Crippen LogP contribution in [0.25, 0.3) is 0 Å². The van der Waals surface area contributed by atoms with Crippen molar-refractivity contribution in [2.75, 3.05) is 39.6 Å². The molecule has 0 bridgehead atoms. The van der Waals surface area contributed by atoms with Crippen molar-refractivity contribution in [3.8, 4) is 0 Å². The molecule has 0 amide bonds. The van der Waals surface area contributed by atoms with Crippen LogP contribution in [0, 0.1) is 0 Å². The Kier molecular flexibility index (Phi) is 73.8. The standard InChI is InChI=1S/C81H158O17P2/c1-5-9-13-17-21-25-29-33-36-37-40-43-46-50-54-58-62-66-79(84)92-72-77(98-81(86)68-64-60-56-52-48-44-39-35-31-27-23-19-15-11-7-3)74-96-100(89,90)94-70-75(82)69-93-99(87,88)95-73-76(97-80(85)67-63-59-55-51-47-41-32-28-24-20-16-12-8-4)71-91-78(83)65-61-57-53-49-45-42-38-34-30-26-22-18-14-10-6-2/h75-77,82H,5-74H2,1-4H3,(H,87,88)(H,89,90)/t75-,76-,77-/m1/s1. The minimum absolute atomic E-state index is 0.109. The van der Waals surface area contributed by atoms with Crippen molar-refractivity contribution in [3.05, 3.63) is 0 Å². The summed E-state index contributed by atoms with van der Waals surface area (Å²) in [5.41, 5.74) is 0. The summed E-state index contributed by atoms with van der Waals surface area (Å²) in [5.74, 6) is -2.10. The van der Waals surface area contributed by atoms with Crippen LogP contribution >= 0.6 is 15.6 Å². The molecule has 0 aliphatic carbocycles. The molecule has 0 aliphatic rings. The molecule has 0 heterocycles. The molecule has 0 fully saturated rings. The van der Waals surface area contributed by atoms with Gasteiger partial charge in [0.2, 0.25) is 0 Å². The molecule has 0 saturated carbocycles. The number of carbonyl (C=O) groups is 4. The fourth-order valence-electron chi connectivity index (χ4n) is 12.6. The fourth-order valence-corrected chi connectivity index (χ4v) is 14.2. The molecule has 0 aromatic heterocycles. The predicted octanol–water partition coefficient (Wildman–Crippen LogP) is 24.6. The van der Waals surface area contributed by atoms with Crippen LogP contribution in [0.4, 0.5) is 0 Å². The van der Waals surface area contributed by atoms with E-state index in [1.54, 1.807) is 0 Å². The summed E-state index contributed by atoms with van der Waals surface area (Å²) in [6, 6.07) is 0. The number of unbranched alkanes of at least 4 members (excludes halogenated alkanes) is 56. The number of phosphoric ester groups is 2. The van der Waals surface area contributed by atoms with Gasteiger partial charge in [-0.15, -0.1) is 0 Å². The predicted molar refractivity (Wildman–Crippen MR) is 409 cm³/mol. The first-order chi connectivity index (χ1) is 48.7. The quantitative estimate of drug-likeness (QED) is 0.0222. The molecule has 0 rings (SSSR count). The van der Waals surface area contributed by atoms with Crippen LogP contribution in [0.5, 0.6) is 0 Å². The average molecular weight is 1470 g/mol. The Morgan fingerprint density at radius 3 is 0.590 bits per heavy atom. The second kappa shape index (κ2) is 75.3. The lowest BCUT2D eigenvalue weighted by atomic mass is 10.0. The molecule has 3 N–H and O–H groups in total. The van der Waals surface area contributed by atoms with Gasteiger partial charge in [-0.05, 0) is 25.7 Å². The number of esters is 4. The number of hydrogen-bond donors (Lipinski definition) is 3. The first-order valence-electron chi connectivity index (χ1n) is 42.3. The summed E-state index contributed by atoms with van der Waals surface area (Å²) >= 11 is 0. The maximum absolute atomic E-state index is 13.1. The van der Waals surface area contributed by atoms with E-state index >= 15 is 0 Å². The van der Waals surface area contributed by atoms with Gasteiger partial charge >= 0.3 is 39.5 Å². The molecular formula is C81H158O17P2. The second-order valence-electron chi connectivity index (χ2n) is 29.2. The Balaban J connectivity index is 5.25. The zero-order chi connectivity index (χ0) is 73.2. The van der Waals surface area contributed by atoms with Crippen LogP contribution in [0.3, 0.4) is 0 Å². The second-order valence-corrected chi connectivity index (χ2v) is 32.1. The Morgan fingerprint density at radius 2 is 0.400 bits per heavy atom. The van der Waals surface area contributed by atoms with Crippen LogP contribution in [-0.2, 0) is 65.4 Å². The number of aliphatic hydroxyl groups is 1. The normalized spacial score (nSPS) is 13.8. The van der Waals surface area contributed by atoms with E-state index in [2.05, 4.69) is 27.7 Å². The van der Waals surface area contributed by atoms with Crippen molar-refractivity contribution in [3.63, 3.8) is 0 Å². The van der Waals surface area contributed by atoms with Crippen molar-refractivity contribution in [1.82, 2.24) is 0 Å². The number of aliphatic hydroxyl groups excluding tert-OH is 1. The van der Waals surface area contributed by atoms with E-state index in [1.807, 2.05) is 0 Å². The molecule has 0 radical (unpaired) electrons. The number of phosphoric acid groups is 2. The molecule has 2 unspecified atom stereocenters. The van der Waals surface area contributed by atoms with E-state index in [4.69, 9.17) is 37.0 Å². The number of carbonyl (C=O) groups excluding carboxylic acids is 4. The molecule has 0 aliphatic heterocycles. The van der Waals surface area contributed by atoms with E-state index < -0.39 is 97.5 Å². The zero-order valence-corrected chi connectivity index (χ0v) is 67.0. The molecular weight excluding hydrogens is 1310 g/mol. The Hall–Kier alpha value is -1.94. The molecule has 100 heavy (non-hydrogen) atoms. The summed E-state index contributed by atoms with van der Waals surface area (Å²) in [6.07, 6.45) is 67.8. The lowest BCUT2D eigenvalue weighted by Crippen LogP contribution is -2.30. The van der Waals surface area contributed by atoms with Gasteiger partial charge in [-0.2, -0.15) is 0 Å². The van der Waals surface area contributed by atoms with E-state index in [0.29, 0.717) is 25.7 Å². The molecule has 17 nitrogen and oxygen atoms in total. The molecule has 0 aromatic rings. The van der Waals surface area contributed by atoms with Crippen molar-refractivity contribution in [2.24, 2.45) is 0 Å². The molecule has 5 atom stereocenters. The number of rotatable bonds is 82. The summed E-state index contributed by atoms with van der Waals surface area (Å²) in [4.78, 5) is 73.1. The summed E-state index contributed by atoms with van der Waals surface area (Å²) in [6.45, 7) is 5.04. The Bertz CT molecular complexity index is 1890. The first kappa shape index (κ1) is 98.1. The fraction of sp³-hybridized carbons (Fsp3) is 0.951. The topological polar surface area (TPSA) is 237 Å². The molecule has 0 saturated heterocycles. The third-order valence-corrected chi connectivity index (χ3v) is 21.0. The maximum atomic E-state index is 13.1. The SMILES string of the molecule is CCCCCCCCCCCCCCCCCCCC(=O)OC[C@H](COP(=O)(O)OC[C@H](O)COP(=O)(O)OC[C@@H](COC(=O)CCCCCCCCCCCCCCCCC)OC(=O)CCCCCCCCCCCCCCC)OC(=O)CCCCCCCCCCCCCCCCC. The lowest BCUT2D eigenvalue weighted by Gasteiger charge is -2.21. The van der Waals surface area contributed by atoms with Crippen LogP contribution < -0.4 is 0 Å². The van der Waals surface area contributed by atoms with E-state index in [0.717, 1.165) is 89.9 Å². The van der Waals surface area contributed by atoms with E-state index in [1.165, 1.54) is 270 Å². The first-order valence-corrected chi connectivity index (χ1v) is 45.3. The Morgan fingerprint density at radius 1 is 0.240 bits per heavy atom. The van der Waals surface area contributed by atoms with Crippen LogP contribution in [-0.4, -0.2) is 96.7 Å². The Labute approximate surface area is 613 Å². The van der Waals surface area contributed by atoms with Crippen LogP contribution in [0.2, 0.25) is 0 Å².